The van der Waals surface area contributed by atoms with Crippen LogP contribution in [0.1, 0.15) is 65.0 Å². The summed E-state index contributed by atoms with van der Waals surface area (Å²) in [6, 6.07) is 6.35. The van der Waals surface area contributed by atoms with Crippen LogP contribution in [0, 0.1) is 0 Å². The number of halogens is 1. The van der Waals surface area contributed by atoms with Gasteiger partial charge in [-0.1, -0.05) is 13.8 Å². The van der Waals surface area contributed by atoms with Crippen molar-refractivity contribution in [2.75, 3.05) is 0 Å². The maximum atomic E-state index is 9.98. The van der Waals surface area contributed by atoms with Crippen molar-refractivity contribution >= 4 is 28.3 Å². The monoisotopic (exact) mass is 409 g/mol. The van der Waals surface area contributed by atoms with Gasteiger partial charge in [0.05, 0.1) is 0 Å². The van der Waals surface area contributed by atoms with Crippen molar-refractivity contribution in [2.45, 2.75) is 57.5 Å². The van der Waals surface area contributed by atoms with Gasteiger partial charge in [-0.15, -0.1) is 28.3 Å². The molecule has 1 unspecified atom stereocenters. The van der Waals surface area contributed by atoms with E-state index < -0.39 is 0 Å². The Morgan fingerprint density at radius 1 is 1.21 bits per heavy atom. The minimum atomic E-state index is -0.00565. The number of hydrogen-bond donors (Lipinski definition) is 3. The Morgan fingerprint density at radius 3 is 2.71 bits per heavy atom. The van der Waals surface area contributed by atoms with Gasteiger partial charge in [0.15, 0.2) is 11.5 Å². The molecule has 5 heteroatoms. The largest absolute Gasteiger partial charge is 0.504 e. The molecule has 1 aliphatic carbocycles. The summed E-state index contributed by atoms with van der Waals surface area (Å²) >= 11 is 1.93. The molecule has 3 N–H and O–H groups in total. The van der Waals surface area contributed by atoms with Crippen LogP contribution in [0.25, 0.3) is 0 Å². The fraction of sp³-hybridized carbons (Fsp3) is 0.474. The molecule has 2 aromatic rings. The summed E-state index contributed by atoms with van der Waals surface area (Å²) in [6.45, 7) is 5.49. The molecule has 4 rings (SSSR count). The van der Waals surface area contributed by atoms with E-state index in [1.807, 2.05) is 11.3 Å². The Kier molecular flexibility index (Phi) is 4.96. The Balaban J connectivity index is 0.00000169. The number of benzene rings is 1. The van der Waals surface area contributed by atoms with Crippen LogP contribution in [-0.4, -0.2) is 16.3 Å². The van der Waals surface area contributed by atoms with Crippen molar-refractivity contribution in [2.24, 2.45) is 0 Å². The number of aryl methyl sites for hydroxylation is 1. The molecule has 1 aromatic heterocycles. The number of nitrogens with one attached hydrogen (secondary N) is 1. The minimum Gasteiger partial charge on any atom is -0.504 e. The van der Waals surface area contributed by atoms with Gasteiger partial charge in [-0.2, -0.15) is 0 Å². The van der Waals surface area contributed by atoms with Crippen LogP contribution in [0.2, 0.25) is 0 Å². The van der Waals surface area contributed by atoms with Gasteiger partial charge in [-0.25, -0.2) is 0 Å². The minimum absolute atomic E-state index is 0. The number of phenolic OH excluding ortho intramolecular Hbond substituents is 2. The van der Waals surface area contributed by atoms with Crippen molar-refractivity contribution in [1.82, 2.24) is 5.32 Å². The molecule has 2 aliphatic rings. The van der Waals surface area contributed by atoms with Crippen molar-refractivity contribution in [3.8, 4) is 11.5 Å². The average Bonchev–Trinajstić information content (AvgIpc) is 2.99. The molecule has 0 bridgehead atoms. The fourth-order valence-corrected chi connectivity index (χ4v) is 5.27. The summed E-state index contributed by atoms with van der Waals surface area (Å²) in [5, 5.41) is 23.5. The Morgan fingerprint density at radius 2 is 1.96 bits per heavy atom. The highest BCUT2D eigenvalue weighted by molar-refractivity contribution is 8.93. The highest BCUT2D eigenvalue weighted by Gasteiger charge is 2.37. The quantitative estimate of drug-likeness (QED) is 0.624. The first-order valence-corrected chi connectivity index (χ1v) is 9.30. The zero-order valence-electron chi connectivity index (χ0n) is 14.0. The first-order chi connectivity index (χ1) is 11.1. The lowest BCUT2D eigenvalue weighted by atomic mass is 9.74. The van der Waals surface area contributed by atoms with Gasteiger partial charge < -0.3 is 15.5 Å². The summed E-state index contributed by atoms with van der Waals surface area (Å²) in [6.07, 6.45) is 3.19. The molecule has 2 heterocycles. The number of hydrogen-bond acceptors (Lipinski definition) is 4. The van der Waals surface area contributed by atoms with Gasteiger partial charge in [0.1, 0.15) is 0 Å². The molecule has 3 atom stereocenters. The van der Waals surface area contributed by atoms with E-state index in [-0.39, 0.29) is 28.5 Å². The van der Waals surface area contributed by atoms with Crippen molar-refractivity contribution in [1.29, 1.82) is 0 Å². The van der Waals surface area contributed by atoms with Crippen LogP contribution in [0.15, 0.2) is 18.2 Å². The van der Waals surface area contributed by atoms with Gasteiger partial charge in [0, 0.05) is 28.3 Å². The van der Waals surface area contributed by atoms with Crippen LogP contribution in [0.3, 0.4) is 0 Å². The third-order valence-corrected chi connectivity index (χ3v) is 6.90. The molecule has 0 saturated carbocycles. The molecular formula is C19H24BrNO2S. The molecule has 130 valence electrons. The Hall–Kier alpha value is -1.04. The summed E-state index contributed by atoms with van der Waals surface area (Å²) in [5.74, 6) is 0.883. The SMILES string of the molecule is Br.CCC(C)c1cc2c(s1)CN[C@@H]1CCc3cc(O)c(O)cc3[C@@H]21. The highest BCUT2D eigenvalue weighted by Crippen LogP contribution is 2.47. The molecule has 0 fully saturated rings. The van der Waals surface area contributed by atoms with Crippen LogP contribution in [0.4, 0.5) is 0 Å². The second-order valence-corrected chi connectivity index (χ2v) is 8.05. The van der Waals surface area contributed by atoms with E-state index in [1.165, 1.54) is 26.4 Å². The average molecular weight is 410 g/mol. The standard InChI is InChI=1S/C19H23NO2S.BrH/c1-3-10(2)17-8-13-18(23-17)9-20-14-5-4-11-6-15(21)16(22)7-12(11)19(13)14;/h6-8,10,14,19-22H,3-5,9H2,1-2H3;1H/t10?,14-,19+;/m1./s1. The van der Waals surface area contributed by atoms with Crippen LogP contribution < -0.4 is 5.32 Å². The maximum Gasteiger partial charge on any atom is 0.157 e. The van der Waals surface area contributed by atoms with E-state index in [1.54, 1.807) is 12.1 Å². The van der Waals surface area contributed by atoms with E-state index in [0.717, 1.165) is 25.8 Å². The molecule has 24 heavy (non-hydrogen) atoms. The van der Waals surface area contributed by atoms with Crippen molar-refractivity contribution < 1.29 is 10.2 Å². The third-order valence-electron chi connectivity index (χ3n) is 5.52. The van der Waals surface area contributed by atoms with E-state index in [4.69, 9.17) is 0 Å². The summed E-state index contributed by atoms with van der Waals surface area (Å²) < 4.78 is 0. The highest BCUT2D eigenvalue weighted by atomic mass is 79.9. The summed E-state index contributed by atoms with van der Waals surface area (Å²) in [4.78, 5) is 2.90. The van der Waals surface area contributed by atoms with Gasteiger partial charge in [-0.3, -0.25) is 0 Å². The lowest BCUT2D eigenvalue weighted by Gasteiger charge is -2.38. The van der Waals surface area contributed by atoms with Crippen LogP contribution >= 0.6 is 28.3 Å². The molecule has 1 aliphatic heterocycles. The van der Waals surface area contributed by atoms with E-state index in [0.29, 0.717) is 17.9 Å². The third kappa shape index (κ3) is 2.76. The van der Waals surface area contributed by atoms with E-state index in [2.05, 4.69) is 25.2 Å². The van der Waals surface area contributed by atoms with Crippen LogP contribution in [-0.2, 0) is 13.0 Å². The normalized spacial score (nSPS) is 22.8. The molecule has 0 spiro atoms. The second-order valence-electron chi connectivity index (χ2n) is 6.88. The zero-order chi connectivity index (χ0) is 16.1. The van der Waals surface area contributed by atoms with E-state index >= 15 is 0 Å². The van der Waals surface area contributed by atoms with Gasteiger partial charge in [-0.05, 0) is 60.1 Å². The lowest BCUT2D eigenvalue weighted by molar-refractivity contribution is 0.382. The Bertz CT molecular complexity index is 758. The number of thiophene rings is 1. The van der Waals surface area contributed by atoms with E-state index in [9.17, 15) is 10.2 Å². The topological polar surface area (TPSA) is 52.5 Å². The first kappa shape index (κ1) is 17.8. The summed E-state index contributed by atoms with van der Waals surface area (Å²) in [5.41, 5.74) is 3.78. The summed E-state index contributed by atoms with van der Waals surface area (Å²) in [7, 11) is 0. The van der Waals surface area contributed by atoms with Crippen molar-refractivity contribution in [3.63, 3.8) is 0 Å². The molecule has 0 amide bonds. The predicted octanol–water partition coefficient (Wildman–Crippen LogP) is 4.80. The lowest BCUT2D eigenvalue weighted by Crippen LogP contribution is -2.41. The molecule has 1 aromatic carbocycles. The first-order valence-electron chi connectivity index (χ1n) is 8.49. The van der Waals surface area contributed by atoms with Gasteiger partial charge >= 0.3 is 0 Å². The molecule has 3 nitrogen and oxygen atoms in total. The number of fused-ring (bicyclic) bond motifs is 5. The second kappa shape index (κ2) is 6.70. The van der Waals surface area contributed by atoms with Crippen molar-refractivity contribution in [3.05, 3.63) is 44.6 Å². The molecule has 0 saturated heterocycles. The number of phenols is 2. The van der Waals surface area contributed by atoms with Gasteiger partial charge in [0.2, 0.25) is 0 Å². The smallest absolute Gasteiger partial charge is 0.157 e. The maximum absolute atomic E-state index is 9.98. The Labute approximate surface area is 157 Å². The predicted molar refractivity (Wildman–Crippen MR) is 104 cm³/mol. The zero-order valence-corrected chi connectivity index (χ0v) is 16.5. The number of aromatic hydroxyl groups is 2. The number of rotatable bonds is 2. The molecule has 0 radical (unpaired) electrons. The fourth-order valence-electron chi connectivity index (χ4n) is 3.97. The van der Waals surface area contributed by atoms with Gasteiger partial charge in [0.25, 0.3) is 0 Å². The van der Waals surface area contributed by atoms with Crippen LogP contribution in [0.5, 0.6) is 11.5 Å². The molecular weight excluding hydrogens is 386 g/mol.